The summed E-state index contributed by atoms with van der Waals surface area (Å²) in [6.07, 6.45) is 6.27. The Bertz CT molecular complexity index is 560. The number of phenolic OH excluding ortho intramolecular Hbond substituents is 2. The molecular weight excluding hydrogens is 284 g/mol. The summed E-state index contributed by atoms with van der Waals surface area (Å²) in [4.78, 5) is 22.4. The summed E-state index contributed by atoms with van der Waals surface area (Å²) in [6, 6.07) is 2.88. The van der Waals surface area contributed by atoms with Gasteiger partial charge in [-0.05, 0) is 30.5 Å². The zero-order valence-electron chi connectivity index (χ0n) is 12.7. The van der Waals surface area contributed by atoms with Crippen molar-refractivity contribution in [2.75, 3.05) is 0 Å². The largest absolute Gasteiger partial charge is 0.504 e. The van der Waals surface area contributed by atoms with Crippen LogP contribution in [0.25, 0.3) is 6.08 Å². The van der Waals surface area contributed by atoms with Crippen LogP contribution >= 0.6 is 0 Å². The molecule has 120 valence electrons. The first-order valence-corrected chi connectivity index (χ1v) is 7.42. The predicted octanol–water partition coefficient (Wildman–Crippen LogP) is 3.28. The third kappa shape index (κ3) is 5.60. The van der Waals surface area contributed by atoms with Crippen molar-refractivity contribution in [2.45, 2.75) is 45.4 Å². The monoisotopic (exact) mass is 306 g/mol. The van der Waals surface area contributed by atoms with Crippen molar-refractivity contribution in [1.82, 2.24) is 0 Å². The molecule has 1 rings (SSSR count). The highest BCUT2D eigenvalue weighted by atomic mass is 16.4. The summed E-state index contributed by atoms with van der Waals surface area (Å²) in [6.45, 7) is 2.06. The zero-order chi connectivity index (χ0) is 16.5. The minimum absolute atomic E-state index is 0.00907. The Labute approximate surface area is 129 Å². The molecule has 3 N–H and O–H groups in total. The van der Waals surface area contributed by atoms with Crippen LogP contribution in [0.2, 0.25) is 0 Å². The van der Waals surface area contributed by atoms with Crippen LogP contribution in [-0.4, -0.2) is 27.1 Å². The van der Waals surface area contributed by atoms with Crippen LogP contribution in [0.15, 0.2) is 18.2 Å². The molecule has 0 aliphatic carbocycles. The van der Waals surface area contributed by atoms with Gasteiger partial charge in [-0.1, -0.05) is 31.9 Å². The maximum absolute atomic E-state index is 11.7. The van der Waals surface area contributed by atoms with E-state index >= 15 is 0 Å². The van der Waals surface area contributed by atoms with Crippen LogP contribution in [0.3, 0.4) is 0 Å². The lowest BCUT2D eigenvalue weighted by atomic mass is 10.00. The smallest absolute Gasteiger partial charge is 0.303 e. The van der Waals surface area contributed by atoms with Gasteiger partial charge in [0.25, 0.3) is 0 Å². The van der Waals surface area contributed by atoms with Crippen molar-refractivity contribution in [1.29, 1.82) is 0 Å². The standard InChI is InChI=1S/C17H22O5/c1-2-3-4-5-13(18)8-6-12-7-10-15(19)17(22)14(12)9-11-16(20)21/h6-8,10,19,22H,2-5,9,11H2,1H3,(H,20,21)/b8-6+. The normalized spacial score (nSPS) is 11.0. The van der Waals surface area contributed by atoms with E-state index in [0.29, 0.717) is 17.5 Å². The van der Waals surface area contributed by atoms with Crippen LogP contribution < -0.4 is 0 Å². The van der Waals surface area contributed by atoms with E-state index in [1.54, 1.807) is 12.1 Å². The number of unbranched alkanes of at least 4 members (excludes halogenated alkanes) is 2. The Kier molecular flexibility index (Phi) is 7.16. The fourth-order valence-electron chi connectivity index (χ4n) is 2.11. The lowest BCUT2D eigenvalue weighted by molar-refractivity contribution is -0.137. The fraction of sp³-hybridized carbons (Fsp3) is 0.412. The number of carboxylic acids is 1. The van der Waals surface area contributed by atoms with E-state index in [0.717, 1.165) is 19.3 Å². The number of benzene rings is 1. The van der Waals surface area contributed by atoms with Gasteiger partial charge in [0.15, 0.2) is 17.3 Å². The van der Waals surface area contributed by atoms with E-state index in [4.69, 9.17) is 5.11 Å². The van der Waals surface area contributed by atoms with Gasteiger partial charge >= 0.3 is 5.97 Å². The van der Waals surface area contributed by atoms with E-state index < -0.39 is 5.97 Å². The van der Waals surface area contributed by atoms with Gasteiger partial charge in [0.05, 0.1) is 0 Å². The minimum atomic E-state index is -0.992. The predicted molar refractivity (Wildman–Crippen MR) is 83.9 cm³/mol. The third-order valence-electron chi connectivity index (χ3n) is 3.36. The first-order valence-electron chi connectivity index (χ1n) is 7.42. The van der Waals surface area contributed by atoms with Gasteiger partial charge in [-0.3, -0.25) is 9.59 Å². The molecule has 0 atom stereocenters. The van der Waals surface area contributed by atoms with Gasteiger partial charge in [0.1, 0.15) is 0 Å². The fourth-order valence-corrected chi connectivity index (χ4v) is 2.11. The molecule has 22 heavy (non-hydrogen) atoms. The summed E-state index contributed by atoms with van der Waals surface area (Å²) in [5, 5.41) is 28.1. The molecule has 0 amide bonds. The van der Waals surface area contributed by atoms with E-state index in [9.17, 15) is 19.8 Å². The average Bonchev–Trinajstić information content (AvgIpc) is 2.47. The Morgan fingerprint density at radius 3 is 2.50 bits per heavy atom. The van der Waals surface area contributed by atoms with Crippen LogP contribution in [-0.2, 0) is 16.0 Å². The molecule has 0 saturated heterocycles. The van der Waals surface area contributed by atoms with Gasteiger partial charge in [-0.15, -0.1) is 0 Å². The second kappa shape index (κ2) is 8.87. The molecule has 0 unspecified atom stereocenters. The number of hydrogen-bond donors (Lipinski definition) is 3. The Morgan fingerprint density at radius 2 is 1.86 bits per heavy atom. The lowest BCUT2D eigenvalue weighted by Crippen LogP contribution is -2.00. The maximum Gasteiger partial charge on any atom is 0.303 e. The number of aliphatic carboxylic acids is 1. The van der Waals surface area contributed by atoms with E-state index in [1.165, 1.54) is 12.1 Å². The molecule has 0 fully saturated rings. The summed E-state index contributed by atoms with van der Waals surface area (Å²) in [5.41, 5.74) is 0.875. The molecule has 0 saturated carbocycles. The summed E-state index contributed by atoms with van der Waals surface area (Å²) in [7, 11) is 0. The summed E-state index contributed by atoms with van der Waals surface area (Å²) < 4.78 is 0. The Balaban J connectivity index is 2.86. The second-order valence-electron chi connectivity index (χ2n) is 5.15. The first-order chi connectivity index (χ1) is 10.5. The van der Waals surface area contributed by atoms with E-state index in [2.05, 4.69) is 6.92 Å². The highest BCUT2D eigenvalue weighted by Gasteiger charge is 2.12. The molecular formula is C17H22O5. The third-order valence-corrected chi connectivity index (χ3v) is 3.36. The number of carboxylic acid groups (broad SMARTS) is 1. The molecule has 0 bridgehead atoms. The molecule has 0 heterocycles. The van der Waals surface area contributed by atoms with Crippen LogP contribution in [0, 0.1) is 0 Å². The Hall–Kier alpha value is -2.30. The number of phenols is 2. The van der Waals surface area contributed by atoms with Crippen molar-refractivity contribution < 1.29 is 24.9 Å². The SMILES string of the molecule is CCCCCC(=O)/C=C/c1ccc(O)c(O)c1CCC(=O)O. The zero-order valence-corrected chi connectivity index (χ0v) is 12.7. The van der Waals surface area contributed by atoms with Crippen molar-refractivity contribution in [3.63, 3.8) is 0 Å². The molecule has 0 aliphatic rings. The molecule has 5 heteroatoms. The molecule has 1 aromatic rings. The van der Waals surface area contributed by atoms with E-state index in [-0.39, 0.29) is 30.1 Å². The minimum Gasteiger partial charge on any atom is -0.504 e. The van der Waals surface area contributed by atoms with Crippen LogP contribution in [0.4, 0.5) is 0 Å². The molecule has 5 nitrogen and oxygen atoms in total. The molecule has 0 spiro atoms. The summed E-state index contributed by atoms with van der Waals surface area (Å²) in [5.74, 6) is -1.63. The van der Waals surface area contributed by atoms with Gasteiger partial charge in [-0.25, -0.2) is 0 Å². The topological polar surface area (TPSA) is 94.8 Å². The number of aromatic hydroxyl groups is 2. The van der Waals surface area contributed by atoms with Gasteiger partial charge in [-0.2, -0.15) is 0 Å². The van der Waals surface area contributed by atoms with Gasteiger partial charge < -0.3 is 15.3 Å². The molecule has 0 radical (unpaired) electrons. The molecule has 0 aliphatic heterocycles. The average molecular weight is 306 g/mol. The Morgan fingerprint density at radius 1 is 1.14 bits per heavy atom. The number of allylic oxidation sites excluding steroid dienone is 1. The van der Waals surface area contributed by atoms with Crippen molar-refractivity contribution in [3.8, 4) is 11.5 Å². The van der Waals surface area contributed by atoms with Crippen LogP contribution in [0.5, 0.6) is 11.5 Å². The first kappa shape index (κ1) is 17.8. The quantitative estimate of drug-likeness (QED) is 0.370. The number of carbonyl (C=O) groups is 2. The summed E-state index contributed by atoms with van der Waals surface area (Å²) >= 11 is 0. The lowest BCUT2D eigenvalue weighted by Gasteiger charge is -2.09. The highest BCUT2D eigenvalue weighted by Crippen LogP contribution is 2.33. The van der Waals surface area contributed by atoms with Gasteiger partial charge in [0, 0.05) is 18.4 Å². The van der Waals surface area contributed by atoms with Crippen molar-refractivity contribution in [2.24, 2.45) is 0 Å². The van der Waals surface area contributed by atoms with Crippen molar-refractivity contribution in [3.05, 3.63) is 29.3 Å². The van der Waals surface area contributed by atoms with Crippen molar-refractivity contribution >= 4 is 17.8 Å². The molecule has 1 aromatic carbocycles. The highest BCUT2D eigenvalue weighted by molar-refractivity contribution is 5.93. The second-order valence-corrected chi connectivity index (χ2v) is 5.15. The molecule has 0 aromatic heterocycles. The number of ketones is 1. The number of carbonyl (C=O) groups excluding carboxylic acids is 1. The number of hydrogen-bond acceptors (Lipinski definition) is 4. The van der Waals surface area contributed by atoms with Gasteiger partial charge in [0.2, 0.25) is 0 Å². The maximum atomic E-state index is 11.7. The number of rotatable bonds is 9. The van der Waals surface area contributed by atoms with Crippen LogP contribution in [0.1, 0.15) is 50.2 Å². The van der Waals surface area contributed by atoms with E-state index in [1.807, 2.05) is 0 Å².